The van der Waals surface area contributed by atoms with Crippen molar-refractivity contribution in [1.82, 2.24) is 9.97 Å². The summed E-state index contributed by atoms with van der Waals surface area (Å²) in [4.78, 5) is 8.77. The molecule has 4 nitrogen and oxygen atoms in total. The third-order valence-corrected chi connectivity index (χ3v) is 3.34. The second kappa shape index (κ2) is 7.61. The second-order valence-corrected chi connectivity index (χ2v) is 4.75. The summed E-state index contributed by atoms with van der Waals surface area (Å²) in [7, 11) is 1.68. The van der Waals surface area contributed by atoms with E-state index in [0.717, 1.165) is 41.0 Å². The quantitative estimate of drug-likeness (QED) is 0.779. The average Bonchev–Trinajstić information content (AvgIpc) is 2.55. The third-order valence-electron chi connectivity index (χ3n) is 3.34. The smallest absolute Gasteiger partial charge is 0.121 e. The Morgan fingerprint density at radius 1 is 1.05 bits per heavy atom. The van der Waals surface area contributed by atoms with Crippen LogP contribution in [0.3, 0.4) is 0 Å². The van der Waals surface area contributed by atoms with Crippen LogP contribution < -0.4 is 10.1 Å². The molecule has 1 aromatic carbocycles. The topological polar surface area (TPSA) is 47.0 Å². The molecule has 0 aliphatic carbocycles. The molecule has 0 spiro atoms. The van der Waals surface area contributed by atoms with Crippen molar-refractivity contribution in [3.8, 4) is 5.75 Å². The molecule has 3 aromatic rings. The minimum atomic E-state index is 0. The lowest BCUT2D eigenvalue weighted by Crippen LogP contribution is -2.06. The zero-order chi connectivity index (χ0) is 14.5. The Morgan fingerprint density at radius 2 is 1.91 bits per heavy atom. The van der Waals surface area contributed by atoms with Gasteiger partial charge in [0, 0.05) is 42.5 Å². The van der Waals surface area contributed by atoms with Crippen LogP contribution in [0.25, 0.3) is 10.9 Å². The van der Waals surface area contributed by atoms with Gasteiger partial charge in [0.15, 0.2) is 0 Å². The largest absolute Gasteiger partial charge is 0.497 e. The molecule has 2 aromatic heterocycles. The molecule has 0 radical (unpaired) electrons. The van der Waals surface area contributed by atoms with Crippen molar-refractivity contribution in [3.05, 3.63) is 60.6 Å². The Morgan fingerprint density at radius 3 is 2.68 bits per heavy atom. The van der Waals surface area contributed by atoms with Crippen LogP contribution in [0.4, 0.5) is 5.69 Å². The van der Waals surface area contributed by atoms with Crippen molar-refractivity contribution >= 4 is 29.0 Å². The van der Waals surface area contributed by atoms with Crippen molar-refractivity contribution in [2.45, 2.75) is 6.42 Å². The summed E-state index contributed by atoms with van der Waals surface area (Å²) in [5.41, 5.74) is 3.02. The fourth-order valence-electron chi connectivity index (χ4n) is 2.29. The van der Waals surface area contributed by atoms with Gasteiger partial charge in [-0.05, 0) is 24.3 Å². The molecular weight excluding hydrogens is 298 g/mol. The average molecular weight is 316 g/mol. The summed E-state index contributed by atoms with van der Waals surface area (Å²) in [6.07, 6.45) is 4.49. The van der Waals surface area contributed by atoms with Crippen molar-refractivity contribution in [1.29, 1.82) is 0 Å². The van der Waals surface area contributed by atoms with Gasteiger partial charge < -0.3 is 10.1 Å². The van der Waals surface area contributed by atoms with Crippen molar-refractivity contribution < 1.29 is 4.74 Å². The van der Waals surface area contributed by atoms with Gasteiger partial charge in [-0.1, -0.05) is 12.1 Å². The number of nitrogens with zero attached hydrogens (tertiary/aromatic N) is 2. The van der Waals surface area contributed by atoms with E-state index < -0.39 is 0 Å². The van der Waals surface area contributed by atoms with Crippen LogP contribution in [-0.4, -0.2) is 23.6 Å². The molecule has 0 bridgehead atoms. The first kappa shape index (κ1) is 16.0. The number of benzene rings is 1. The van der Waals surface area contributed by atoms with Crippen LogP contribution in [-0.2, 0) is 6.42 Å². The lowest BCUT2D eigenvalue weighted by atomic mass is 10.1. The fourth-order valence-corrected chi connectivity index (χ4v) is 2.29. The van der Waals surface area contributed by atoms with Crippen molar-refractivity contribution in [2.75, 3.05) is 19.0 Å². The number of methoxy groups -OCH3 is 1. The van der Waals surface area contributed by atoms with E-state index in [1.54, 1.807) is 13.3 Å². The van der Waals surface area contributed by atoms with Crippen LogP contribution >= 0.6 is 12.4 Å². The molecule has 0 aliphatic heterocycles. The van der Waals surface area contributed by atoms with Crippen molar-refractivity contribution in [3.63, 3.8) is 0 Å². The SMILES string of the molecule is COc1cc(NCCc2ccccn2)c2ncccc2c1.Cl. The highest BCUT2D eigenvalue weighted by Crippen LogP contribution is 2.27. The molecule has 3 rings (SSSR count). The Balaban J connectivity index is 0.00000176. The number of aromatic nitrogens is 2. The van der Waals surface area contributed by atoms with E-state index in [9.17, 15) is 0 Å². The molecule has 0 unspecified atom stereocenters. The first-order valence-corrected chi connectivity index (χ1v) is 6.93. The molecule has 0 saturated carbocycles. The number of pyridine rings is 2. The Labute approximate surface area is 136 Å². The van der Waals surface area contributed by atoms with Gasteiger partial charge in [-0.2, -0.15) is 0 Å². The highest BCUT2D eigenvalue weighted by atomic mass is 35.5. The van der Waals surface area contributed by atoms with Gasteiger partial charge in [-0.15, -0.1) is 12.4 Å². The third kappa shape index (κ3) is 3.65. The van der Waals surface area contributed by atoms with E-state index in [0.29, 0.717) is 0 Å². The fraction of sp³-hybridized carbons (Fsp3) is 0.176. The van der Waals surface area contributed by atoms with E-state index in [4.69, 9.17) is 4.74 Å². The standard InChI is InChI=1S/C17H17N3O.ClH/c1-21-15-11-13-5-4-9-20-17(13)16(12-15)19-10-7-14-6-2-3-8-18-14;/h2-6,8-9,11-12,19H,7,10H2,1H3;1H. The van der Waals surface area contributed by atoms with Crippen LogP contribution in [0.1, 0.15) is 5.69 Å². The summed E-state index contributed by atoms with van der Waals surface area (Å²) in [5.74, 6) is 0.829. The lowest BCUT2D eigenvalue weighted by molar-refractivity contribution is 0.415. The molecule has 0 aliphatic rings. The number of hydrogen-bond acceptors (Lipinski definition) is 4. The van der Waals surface area contributed by atoms with Crippen LogP contribution in [0.5, 0.6) is 5.75 Å². The molecule has 1 N–H and O–H groups in total. The highest BCUT2D eigenvalue weighted by Gasteiger charge is 2.05. The van der Waals surface area contributed by atoms with Crippen LogP contribution in [0, 0.1) is 0 Å². The number of rotatable bonds is 5. The maximum Gasteiger partial charge on any atom is 0.121 e. The van der Waals surface area contributed by atoms with E-state index in [1.807, 2.05) is 48.7 Å². The van der Waals surface area contributed by atoms with E-state index in [1.165, 1.54) is 0 Å². The zero-order valence-electron chi connectivity index (χ0n) is 12.3. The molecule has 114 valence electrons. The maximum absolute atomic E-state index is 5.35. The van der Waals surface area contributed by atoms with Gasteiger partial charge in [-0.25, -0.2) is 0 Å². The predicted octanol–water partition coefficient (Wildman–Crippen LogP) is 3.71. The number of hydrogen-bond donors (Lipinski definition) is 1. The molecule has 0 atom stereocenters. The minimum Gasteiger partial charge on any atom is -0.497 e. The molecule has 22 heavy (non-hydrogen) atoms. The number of fused-ring (bicyclic) bond motifs is 1. The van der Waals surface area contributed by atoms with Crippen LogP contribution in [0.2, 0.25) is 0 Å². The van der Waals surface area contributed by atoms with E-state index in [2.05, 4.69) is 15.3 Å². The number of halogens is 1. The molecule has 0 amide bonds. The Kier molecular flexibility index (Phi) is 5.55. The normalized spacial score (nSPS) is 10.0. The van der Waals surface area contributed by atoms with Crippen LogP contribution in [0.15, 0.2) is 54.9 Å². The molecule has 2 heterocycles. The van der Waals surface area contributed by atoms with E-state index >= 15 is 0 Å². The molecule has 0 saturated heterocycles. The monoisotopic (exact) mass is 315 g/mol. The maximum atomic E-state index is 5.35. The zero-order valence-corrected chi connectivity index (χ0v) is 13.1. The molecular formula is C17H18ClN3O. The van der Waals surface area contributed by atoms with Gasteiger partial charge in [0.25, 0.3) is 0 Å². The summed E-state index contributed by atoms with van der Waals surface area (Å²) in [6.45, 7) is 0.801. The number of nitrogens with one attached hydrogen (secondary N) is 1. The van der Waals surface area contributed by atoms with Gasteiger partial charge >= 0.3 is 0 Å². The molecule has 5 heteroatoms. The second-order valence-electron chi connectivity index (χ2n) is 4.75. The number of ether oxygens (including phenoxy) is 1. The van der Waals surface area contributed by atoms with Gasteiger partial charge in [-0.3, -0.25) is 9.97 Å². The minimum absolute atomic E-state index is 0. The summed E-state index contributed by atoms with van der Waals surface area (Å²) >= 11 is 0. The molecule has 0 fully saturated rings. The van der Waals surface area contributed by atoms with Gasteiger partial charge in [0.1, 0.15) is 5.75 Å². The summed E-state index contributed by atoms with van der Waals surface area (Å²) in [6, 6.07) is 13.9. The highest BCUT2D eigenvalue weighted by molar-refractivity contribution is 5.91. The van der Waals surface area contributed by atoms with Gasteiger partial charge in [0.2, 0.25) is 0 Å². The Bertz CT molecular complexity index is 734. The van der Waals surface area contributed by atoms with Crippen molar-refractivity contribution in [2.24, 2.45) is 0 Å². The lowest BCUT2D eigenvalue weighted by Gasteiger charge is -2.11. The predicted molar refractivity (Wildman–Crippen MR) is 92.0 cm³/mol. The number of anilines is 1. The van der Waals surface area contributed by atoms with Gasteiger partial charge in [0.05, 0.1) is 18.3 Å². The summed E-state index contributed by atoms with van der Waals surface area (Å²) in [5, 5.41) is 4.50. The Hall–Kier alpha value is -2.33. The van der Waals surface area contributed by atoms with E-state index in [-0.39, 0.29) is 12.4 Å². The first-order valence-electron chi connectivity index (χ1n) is 6.93. The first-order chi connectivity index (χ1) is 10.4. The summed E-state index contributed by atoms with van der Waals surface area (Å²) < 4.78 is 5.35.